The van der Waals surface area contributed by atoms with Gasteiger partial charge >= 0.3 is 11.9 Å². The molecule has 7 fully saturated rings. The van der Waals surface area contributed by atoms with Crippen molar-refractivity contribution in [2.45, 2.75) is 134 Å². The van der Waals surface area contributed by atoms with Crippen LogP contribution in [0.2, 0.25) is 0 Å². The lowest BCUT2D eigenvalue weighted by Gasteiger charge is -2.60. The van der Waals surface area contributed by atoms with E-state index in [0.29, 0.717) is 60.3 Å². The topological polar surface area (TPSA) is 147 Å². The number of rotatable bonds is 7. The summed E-state index contributed by atoms with van der Waals surface area (Å²) in [6.45, 7) is 9.81. The van der Waals surface area contributed by atoms with E-state index in [4.69, 9.17) is 28.4 Å². The highest BCUT2D eigenvalue weighted by Gasteiger charge is 2.70. The van der Waals surface area contributed by atoms with E-state index in [9.17, 15) is 24.6 Å². The van der Waals surface area contributed by atoms with Crippen LogP contribution in [0.1, 0.15) is 106 Å². The highest BCUT2D eigenvalue weighted by molar-refractivity contribution is 5.90. The lowest BCUT2D eigenvalue weighted by Crippen LogP contribution is -2.62. The molecule has 9 rings (SSSR count). The zero-order chi connectivity index (χ0) is 40.6. The van der Waals surface area contributed by atoms with E-state index >= 15 is 0 Å². The van der Waals surface area contributed by atoms with Crippen LogP contribution in [0.25, 0.3) is 0 Å². The van der Waals surface area contributed by atoms with E-state index in [2.05, 4.69) is 27.7 Å². The Kier molecular flexibility index (Phi) is 10.7. The van der Waals surface area contributed by atoms with Gasteiger partial charge in [-0.1, -0.05) is 64.1 Å². The van der Waals surface area contributed by atoms with E-state index in [-0.39, 0.29) is 40.8 Å². The predicted molar refractivity (Wildman–Crippen MR) is 210 cm³/mol. The second kappa shape index (κ2) is 15.4. The molecule has 3 aliphatic heterocycles. The Morgan fingerprint density at radius 1 is 0.828 bits per heavy atom. The number of fused-ring (bicyclic) bond motifs is 7. The van der Waals surface area contributed by atoms with Crippen LogP contribution >= 0.6 is 0 Å². The first-order chi connectivity index (χ1) is 27.8. The van der Waals surface area contributed by atoms with E-state index in [1.807, 2.05) is 0 Å². The molecule has 0 radical (unpaired) electrons. The maximum absolute atomic E-state index is 14.4. The van der Waals surface area contributed by atoms with Crippen LogP contribution in [0.15, 0.2) is 60.7 Å². The van der Waals surface area contributed by atoms with Crippen LogP contribution in [0.4, 0.5) is 0 Å². The van der Waals surface area contributed by atoms with Crippen molar-refractivity contribution in [3.05, 3.63) is 71.8 Å². The number of aliphatic hydroxyl groups is 2. The average molecular weight is 801 g/mol. The van der Waals surface area contributed by atoms with Gasteiger partial charge in [0, 0.05) is 24.7 Å². The summed E-state index contributed by atoms with van der Waals surface area (Å²) in [4.78, 5) is 40.4. The summed E-state index contributed by atoms with van der Waals surface area (Å²) < 4.78 is 37.4. The minimum atomic E-state index is -1.55. The summed E-state index contributed by atoms with van der Waals surface area (Å²) in [5.41, 5.74) is 0.507. The number of benzene rings is 2. The monoisotopic (exact) mass is 800 g/mol. The fraction of sp³-hybridized carbons (Fsp3) is 0.681. The maximum atomic E-state index is 14.4. The van der Waals surface area contributed by atoms with Crippen molar-refractivity contribution >= 4 is 17.7 Å². The Morgan fingerprint density at radius 2 is 1.52 bits per heavy atom. The second-order valence-corrected chi connectivity index (χ2v) is 19.4. The van der Waals surface area contributed by atoms with Crippen LogP contribution < -0.4 is 0 Å². The van der Waals surface area contributed by atoms with Crippen LogP contribution in [0, 0.1) is 52.3 Å². The molecule has 0 unspecified atom stereocenters. The van der Waals surface area contributed by atoms with E-state index in [0.717, 1.165) is 45.1 Å². The molecule has 4 saturated carbocycles. The average Bonchev–Trinajstić information content (AvgIpc) is 3.68. The third-order valence-corrected chi connectivity index (χ3v) is 16.3. The molecule has 314 valence electrons. The highest BCUT2D eigenvalue weighted by atomic mass is 16.7. The van der Waals surface area contributed by atoms with Crippen molar-refractivity contribution < 1.29 is 53.0 Å². The van der Waals surface area contributed by atoms with Crippen molar-refractivity contribution in [3.63, 3.8) is 0 Å². The molecule has 0 aromatic heterocycles. The summed E-state index contributed by atoms with van der Waals surface area (Å²) in [6.07, 6.45) is 0.563. The summed E-state index contributed by atoms with van der Waals surface area (Å²) in [6, 6.07) is 16.8. The van der Waals surface area contributed by atoms with Crippen LogP contribution in [-0.2, 0) is 33.2 Å². The van der Waals surface area contributed by atoms with Gasteiger partial charge in [-0.05, 0) is 110 Å². The molecule has 7 aliphatic rings. The maximum Gasteiger partial charge on any atom is 0.338 e. The molecule has 3 heterocycles. The fourth-order valence-electron chi connectivity index (χ4n) is 13.2. The molecule has 1 spiro atoms. The van der Waals surface area contributed by atoms with E-state index in [1.54, 1.807) is 60.7 Å². The molecule has 0 bridgehead atoms. The number of hydrogen-bond acceptors (Lipinski definition) is 11. The first-order valence-electron chi connectivity index (χ1n) is 21.8. The lowest BCUT2D eigenvalue weighted by molar-refractivity contribution is -0.314. The standard InChI is InChI=1S/C47H60O11/c1-26-15-20-47(54-24-26)27(2)38-36(58-47)23-33-31-22-35(48)34-21-30(16-18-45(34,3)32(31)17-19-46(33,38)4)55-44-40(50)41(57-43(52)29-13-9-6-10-14-29)39(49)37(56-44)25-53-42(51)28-11-7-5-8-12-28/h5-14,26-27,30-34,36-41,44,49-50H,15-25H2,1-4H3/t26-,27+,30+,31-,32+,33+,34-,36+,37-,38+,39-,40-,41+,44-,45-,46+,47-/m1/s1. The van der Waals surface area contributed by atoms with Crippen LogP contribution in [0.3, 0.4) is 0 Å². The Balaban J connectivity index is 0.888. The minimum absolute atomic E-state index is 0.108. The molecule has 58 heavy (non-hydrogen) atoms. The summed E-state index contributed by atoms with van der Waals surface area (Å²) >= 11 is 0. The molecule has 2 N–H and O–H groups in total. The first kappa shape index (κ1) is 40.2. The van der Waals surface area contributed by atoms with Crippen molar-refractivity contribution in [1.29, 1.82) is 0 Å². The van der Waals surface area contributed by atoms with Gasteiger partial charge < -0.3 is 38.6 Å². The summed E-state index contributed by atoms with van der Waals surface area (Å²) in [7, 11) is 0. The van der Waals surface area contributed by atoms with Gasteiger partial charge in [0.15, 0.2) is 18.2 Å². The SMILES string of the molecule is C[C@@H]1CC[C@@]2(OC1)O[C@H]1C[C@H]3[C@@H]4CC(=O)[C@H]5C[C@@H](O[C@@H]6O[C@H](COC(=O)c7ccccc7)[C@@H](O)[C@H](OC(=O)c7ccccc7)[C@H]6O)CC[C@]5(C)[C@H]4CC[C@]3(C)[C@H]1[C@@H]2C. The molecule has 11 nitrogen and oxygen atoms in total. The zero-order valence-electron chi connectivity index (χ0n) is 34.2. The molecule has 2 aromatic rings. The quantitative estimate of drug-likeness (QED) is 0.233. The van der Waals surface area contributed by atoms with E-state index in [1.165, 1.54) is 0 Å². The van der Waals surface area contributed by atoms with Gasteiger partial charge in [0.25, 0.3) is 0 Å². The molecule has 11 heteroatoms. The van der Waals surface area contributed by atoms with Crippen molar-refractivity contribution in [2.75, 3.05) is 13.2 Å². The van der Waals surface area contributed by atoms with Crippen molar-refractivity contribution in [3.8, 4) is 0 Å². The van der Waals surface area contributed by atoms with E-state index < -0.39 is 54.5 Å². The van der Waals surface area contributed by atoms with Gasteiger partial charge in [-0.3, -0.25) is 4.79 Å². The minimum Gasteiger partial charge on any atom is -0.459 e. The largest absolute Gasteiger partial charge is 0.459 e. The number of aliphatic hydroxyl groups excluding tert-OH is 2. The smallest absolute Gasteiger partial charge is 0.338 e. The molecule has 2 aromatic carbocycles. The van der Waals surface area contributed by atoms with Gasteiger partial charge in [-0.2, -0.15) is 0 Å². The second-order valence-electron chi connectivity index (χ2n) is 19.4. The third-order valence-electron chi connectivity index (χ3n) is 16.3. The van der Waals surface area contributed by atoms with Gasteiger partial charge in [-0.15, -0.1) is 0 Å². The van der Waals surface area contributed by atoms with Crippen molar-refractivity contribution in [2.24, 2.45) is 52.3 Å². The molecule has 4 aliphatic carbocycles. The van der Waals surface area contributed by atoms with Gasteiger partial charge in [0.05, 0.1) is 29.9 Å². The van der Waals surface area contributed by atoms with Gasteiger partial charge in [0.1, 0.15) is 30.7 Å². The van der Waals surface area contributed by atoms with Crippen LogP contribution in [-0.4, -0.2) is 89.8 Å². The number of Topliss-reactive ketones (excluding diaryl/α,β-unsaturated/α-hetero) is 1. The predicted octanol–water partition coefficient (Wildman–Crippen LogP) is 6.53. The summed E-state index contributed by atoms with van der Waals surface area (Å²) in [5, 5.41) is 23.0. The number of esters is 2. The molecular weight excluding hydrogens is 741 g/mol. The number of ketones is 1. The fourth-order valence-corrected chi connectivity index (χ4v) is 13.2. The third kappa shape index (κ3) is 6.76. The molecule has 3 saturated heterocycles. The van der Waals surface area contributed by atoms with Crippen LogP contribution in [0.5, 0.6) is 0 Å². The lowest BCUT2D eigenvalue weighted by atomic mass is 9.44. The van der Waals surface area contributed by atoms with Gasteiger partial charge in [-0.25, -0.2) is 9.59 Å². The number of carbonyl (C=O) groups excluding carboxylic acids is 3. The Bertz CT molecular complexity index is 1830. The highest BCUT2D eigenvalue weighted by Crippen LogP contribution is 2.71. The van der Waals surface area contributed by atoms with Gasteiger partial charge in [0.2, 0.25) is 0 Å². The number of carbonyl (C=O) groups is 3. The Morgan fingerprint density at radius 3 is 2.21 bits per heavy atom. The molecule has 0 amide bonds. The number of hydrogen-bond donors (Lipinski definition) is 2. The number of ether oxygens (including phenoxy) is 6. The Labute approximate surface area is 341 Å². The molecular formula is C47H60O11. The van der Waals surface area contributed by atoms with Crippen molar-refractivity contribution in [1.82, 2.24) is 0 Å². The first-order valence-corrected chi connectivity index (χ1v) is 21.8. The summed E-state index contributed by atoms with van der Waals surface area (Å²) in [5.74, 6) is 0.762. The zero-order valence-corrected chi connectivity index (χ0v) is 34.2. The normalized spacial score (nSPS) is 45.7. The molecule has 17 atom stereocenters. The Hall–Kier alpha value is -3.19.